The van der Waals surface area contributed by atoms with Crippen molar-refractivity contribution in [1.29, 1.82) is 0 Å². The molecule has 1 unspecified atom stereocenters. The van der Waals surface area contributed by atoms with Crippen molar-refractivity contribution in [3.8, 4) is 5.75 Å². The predicted molar refractivity (Wildman–Crippen MR) is 80.9 cm³/mol. The molecule has 6 nitrogen and oxygen atoms in total. The summed E-state index contributed by atoms with van der Waals surface area (Å²) in [4.78, 5) is 13.4. The van der Waals surface area contributed by atoms with Crippen LogP contribution in [0.25, 0.3) is 0 Å². The molecule has 1 saturated heterocycles. The molecule has 6 heteroatoms. The lowest BCUT2D eigenvalue weighted by Crippen LogP contribution is -2.27. The van der Waals surface area contributed by atoms with Gasteiger partial charge in [0.1, 0.15) is 11.4 Å². The molecule has 1 saturated carbocycles. The van der Waals surface area contributed by atoms with Gasteiger partial charge in [-0.25, -0.2) is 0 Å². The Balaban J connectivity index is 1.70. The van der Waals surface area contributed by atoms with E-state index in [2.05, 4.69) is 10.2 Å². The molecule has 1 aliphatic carbocycles. The topological polar surface area (TPSA) is 67.6 Å². The van der Waals surface area contributed by atoms with Crippen LogP contribution in [0.3, 0.4) is 0 Å². The first-order valence-electron chi connectivity index (χ1n) is 7.59. The summed E-state index contributed by atoms with van der Waals surface area (Å²) in [6.07, 6.45) is 3.65. The zero-order valence-corrected chi connectivity index (χ0v) is 12.2. The van der Waals surface area contributed by atoms with Crippen molar-refractivity contribution in [3.63, 3.8) is 0 Å². The van der Waals surface area contributed by atoms with E-state index >= 15 is 0 Å². The Labute approximate surface area is 124 Å². The van der Waals surface area contributed by atoms with Gasteiger partial charge in [0.05, 0.1) is 17.6 Å². The fourth-order valence-corrected chi connectivity index (χ4v) is 2.94. The minimum absolute atomic E-state index is 0.0887. The number of nitro benzene ring substituents is 1. The third-order valence-electron chi connectivity index (χ3n) is 4.12. The lowest BCUT2D eigenvalue weighted by atomic mass is 10.2. The van der Waals surface area contributed by atoms with E-state index in [0.29, 0.717) is 24.1 Å². The number of benzene rings is 1. The van der Waals surface area contributed by atoms with E-state index in [0.717, 1.165) is 25.6 Å². The zero-order chi connectivity index (χ0) is 14.8. The van der Waals surface area contributed by atoms with Gasteiger partial charge in [-0.3, -0.25) is 15.0 Å². The quantitative estimate of drug-likeness (QED) is 0.644. The van der Waals surface area contributed by atoms with Crippen molar-refractivity contribution < 1.29 is 9.66 Å². The standard InChI is InChI=1S/C15H21N3O3/c1-2-21-13-5-6-14(15(9-13)18(19)20)16-11-7-8-17(10-11)12-3-4-12/h5-6,9,11-12,16H,2-4,7-8,10H2,1H3. The molecule has 1 aromatic rings. The molecular weight excluding hydrogens is 270 g/mol. The summed E-state index contributed by atoms with van der Waals surface area (Å²) >= 11 is 0. The fourth-order valence-electron chi connectivity index (χ4n) is 2.94. The highest BCUT2D eigenvalue weighted by molar-refractivity contribution is 5.64. The van der Waals surface area contributed by atoms with Gasteiger partial charge in [0.25, 0.3) is 5.69 Å². The van der Waals surface area contributed by atoms with Crippen molar-refractivity contribution in [2.45, 2.75) is 38.3 Å². The molecule has 0 bridgehead atoms. The largest absolute Gasteiger partial charge is 0.494 e. The average Bonchev–Trinajstić information content (AvgIpc) is 3.21. The number of nitro groups is 1. The van der Waals surface area contributed by atoms with Gasteiger partial charge in [-0.15, -0.1) is 0 Å². The maximum atomic E-state index is 11.2. The average molecular weight is 291 g/mol. The fraction of sp³-hybridized carbons (Fsp3) is 0.600. The van der Waals surface area contributed by atoms with Crippen LogP contribution in [0.15, 0.2) is 18.2 Å². The van der Waals surface area contributed by atoms with Crippen LogP contribution in [0.2, 0.25) is 0 Å². The minimum Gasteiger partial charge on any atom is -0.494 e. The number of anilines is 1. The molecule has 114 valence electrons. The van der Waals surface area contributed by atoms with Gasteiger partial charge in [0.2, 0.25) is 0 Å². The number of nitrogens with one attached hydrogen (secondary N) is 1. The molecule has 1 aromatic carbocycles. The van der Waals surface area contributed by atoms with E-state index in [1.165, 1.54) is 18.9 Å². The first-order chi connectivity index (χ1) is 10.2. The molecule has 1 aliphatic heterocycles. The molecule has 1 heterocycles. The summed E-state index contributed by atoms with van der Waals surface area (Å²) in [5, 5.41) is 14.6. The number of ether oxygens (including phenoxy) is 1. The highest BCUT2D eigenvalue weighted by Crippen LogP contribution is 2.33. The van der Waals surface area contributed by atoms with Crippen molar-refractivity contribution in [2.24, 2.45) is 0 Å². The molecule has 1 N–H and O–H groups in total. The maximum Gasteiger partial charge on any atom is 0.296 e. The van der Waals surface area contributed by atoms with Gasteiger partial charge in [-0.2, -0.15) is 0 Å². The number of nitrogens with zero attached hydrogens (tertiary/aromatic N) is 2. The molecular formula is C15H21N3O3. The van der Waals surface area contributed by atoms with E-state index in [1.807, 2.05) is 6.92 Å². The molecule has 21 heavy (non-hydrogen) atoms. The normalized spacial score (nSPS) is 22.2. The Hall–Kier alpha value is -1.82. The van der Waals surface area contributed by atoms with E-state index in [-0.39, 0.29) is 10.6 Å². The van der Waals surface area contributed by atoms with Gasteiger partial charge in [0, 0.05) is 25.2 Å². The van der Waals surface area contributed by atoms with Gasteiger partial charge in [-0.1, -0.05) is 0 Å². The van der Waals surface area contributed by atoms with Crippen LogP contribution < -0.4 is 10.1 Å². The van der Waals surface area contributed by atoms with Crippen LogP contribution >= 0.6 is 0 Å². The van der Waals surface area contributed by atoms with Crippen LogP contribution in [-0.4, -0.2) is 41.6 Å². The van der Waals surface area contributed by atoms with Crippen LogP contribution in [0.5, 0.6) is 5.75 Å². The minimum atomic E-state index is -0.349. The Kier molecular flexibility index (Phi) is 3.96. The molecule has 0 radical (unpaired) electrons. The molecule has 1 atom stereocenters. The highest BCUT2D eigenvalue weighted by Gasteiger charge is 2.34. The number of hydrogen-bond acceptors (Lipinski definition) is 5. The van der Waals surface area contributed by atoms with Crippen LogP contribution in [-0.2, 0) is 0 Å². The van der Waals surface area contributed by atoms with E-state index in [9.17, 15) is 10.1 Å². The van der Waals surface area contributed by atoms with Crippen LogP contribution in [0.4, 0.5) is 11.4 Å². The first-order valence-corrected chi connectivity index (χ1v) is 7.59. The first kappa shape index (κ1) is 14.1. The lowest BCUT2D eigenvalue weighted by molar-refractivity contribution is -0.384. The number of hydrogen-bond donors (Lipinski definition) is 1. The Morgan fingerprint density at radius 1 is 1.43 bits per heavy atom. The van der Waals surface area contributed by atoms with E-state index < -0.39 is 0 Å². The second-order valence-corrected chi connectivity index (χ2v) is 5.73. The van der Waals surface area contributed by atoms with E-state index in [1.54, 1.807) is 12.1 Å². The molecule has 2 aliphatic rings. The number of likely N-dealkylation sites (tertiary alicyclic amines) is 1. The van der Waals surface area contributed by atoms with Gasteiger partial charge >= 0.3 is 0 Å². The van der Waals surface area contributed by atoms with Crippen molar-refractivity contribution in [2.75, 3.05) is 25.0 Å². The summed E-state index contributed by atoms with van der Waals surface area (Å²) in [5.74, 6) is 0.542. The predicted octanol–water partition coefficient (Wildman–Crippen LogP) is 2.64. The highest BCUT2D eigenvalue weighted by atomic mass is 16.6. The summed E-state index contributed by atoms with van der Waals surface area (Å²) in [6, 6.07) is 6.09. The van der Waals surface area contributed by atoms with Gasteiger partial charge in [0.15, 0.2) is 0 Å². The molecule has 3 rings (SSSR count). The second-order valence-electron chi connectivity index (χ2n) is 5.73. The van der Waals surface area contributed by atoms with Crippen LogP contribution in [0.1, 0.15) is 26.2 Å². The summed E-state index contributed by atoms with van der Waals surface area (Å²) in [6.45, 7) is 4.44. The summed E-state index contributed by atoms with van der Waals surface area (Å²) in [7, 11) is 0. The zero-order valence-electron chi connectivity index (χ0n) is 12.2. The Bertz CT molecular complexity index is 531. The monoisotopic (exact) mass is 291 g/mol. The van der Waals surface area contributed by atoms with Gasteiger partial charge in [-0.05, 0) is 38.3 Å². The Morgan fingerprint density at radius 2 is 2.24 bits per heavy atom. The molecule has 0 spiro atoms. The molecule has 2 fully saturated rings. The Morgan fingerprint density at radius 3 is 2.90 bits per heavy atom. The molecule has 0 aromatic heterocycles. The van der Waals surface area contributed by atoms with Crippen molar-refractivity contribution in [3.05, 3.63) is 28.3 Å². The smallest absolute Gasteiger partial charge is 0.296 e. The third-order valence-corrected chi connectivity index (χ3v) is 4.12. The SMILES string of the molecule is CCOc1ccc(NC2CCN(C3CC3)C2)c([N+](=O)[O-])c1. The lowest BCUT2D eigenvalue weighted by Gasteiger charge is -2.17. The third kappa shape index (κ3) is 3.26. The maximum absolute atomic E-state index is 11.2. The van der Waals surface area contributed by atoms with Crippen LogP contribution in [0, 0.1) is 10.1 Å². The molecule has 0 amide bonds. The van der Waals surface area contributed by atoms with E-state index in [4.69, 9.17) is 4.74 Å². The second kappa shape index (κ2) is 5.89. The van der Waals surface area contributed by atoms with Crippen molar-refractivity contribution >= 4 is 11.4 Å². The summed E-state index contributed by atoms with van der Waals surface area (Å²) in [5.41, 5.74) is 0.678. The van der Waals surface area contributed by atoms with Gasteiger partial charge < -0.3 is 10.1 Å². The number of rotatable bonds is 6. The summed E-state index contributed by atoms with van der Waals surface area (Å²) < 4.78 is 5.34. The van der Waals surface area contributed by atoms with Crippen molar-refractivity contribution in [1.82, 2.24) is 4.90 Å².